The van der Waals surface area contributed by atoms with Gasteiger partial charge < -0.3 is 9.88 Å². The Labute approximate surface area is 174 Å². The lowest BCUT2D eigenvalue weighted by Crippen LogP contribution is -2.23. The third kappa shape index (κ3) is 3.64. The van der Waals surface area contributed by atoms with Gasteiger partial charge in [-0.1, -0.05) is 6.07 Å². The molecule has 5 rings (SSSR count). The SMILES string of the molecule is Cn1cc(CN2CCCC2c2cccc(Nc3cnccn3)n2)c2cc(F)ccc21. The minimum absolute atomic E-state index is 0.197. The topological polar surface area (TPSA) is 58.9 Å². The van der Waals surface area contributed by atoms with Crippen LogP contribution in [0.1, 0.15) is 30.1 Å². The first-order valence-electron chi connectivity index (χ1n) is 10.1. The number of benzene rings is 1. The summed E-state index contributed by atoms with van der Waals surface area (Å²) < 4.78 is 15.9. The molecule has 0 aliphatic carbocycles. The number of fused-ring (bicyclic) bond motifs is 1. The number of anilines is 2. The summed E-state index contributed by atoms with van der Waals surface area (Å²) in [6, 6.07) is 11.3. The van der Waals surface area contributed by atoms with Crippen LogP contribution in [0.3, 0.4) is 0 Å². The van der Waals surface area contributed by atoms with E-state index in [-0.39, 0.29) is 11.9 Å². The zero-order valence-corrected chi connectivity index (χ0v) is 16.8. The summed E-state index contributed by atoms with van der Waals surface area (Å²) in [5.41, 5.74) is 3.23. The summed E-state index contributed by atoms with van der Waals surface area (Å²) in [4.78, 5) is 15.6. The van der Waals surface area contributed by atoms with Crippen LogP contribution in [-0.2, 0) is 13.6 Å². The number of hydrogen-bond acceptors (Lipinski definition) is 5. The summed E-state index contributed by atoms with van der Waals surface area (Å²) in [6.45, 7) is 1.77. The van der Waals surface area contributed by atoms with Gasteiger partial charge in [0.1, 0.15) is 17.5 Å². The van der Waals surface area contributed by atoms with E-state index in [0.29, 0.717) is 5.82 Å². The van der Waals surface area contributed by atoms with Crippen LogP contribution in [-0.4, -0.2) is 31.0 Å². The molecule has 4 aromatic rings. The summed E-state index contributed by atoms with van der Waals surface area (Å²) in [5.74, 6) is 1.23. The molecule has 0 saturated carbocycles. The number of aryl methyl sites for hydroxylation is 1. The smallest absolute Gasteiger partial charge is 0.150 e. The molecule has 1 N–H and O–H groups in total. The molecule has 1 atom stereocenters. The number of likely N-dealkylation sites (tertiary alicyclic amines) is 1. The Bertz CT molecular complexity index is 1170. The molecule has 0 radical (unpaired) electrons. The van der Waals surface area contributed by atoms with Crippen LogP contribution in [0.5, 0.6) is 0 Å². The number of rotatable bonds is 5. The van der Waals surface area contributed by atoms with Gasteiger partial charge in [-0.25, -0.2) is 14.4 Å². The predicted octanol–water partition coefficient (Wildman–Crippen LogP) is 4.58. The number of hydrogen-bond donors (Lipinski definition) is 1. The quantitative estimate of drug-likeness (QED) is 0.529. The lowest BCUT2D eigenvalue weighted by Gasteiger charge is -2.24. The minimum Gasteiger partial charge on any atom is -0.350 e. The largest absolute Gasteiger partial charge is 0.350 e. The zero-order chi connectivity index (χ0) is 20.5. The van der Waals surface area contributed by atoms with Crippen molar-refractivity contribution in [3.63, 3.8) is 0 Å². The van der Waals surface area contributed by atoms with Gasteiger partial charge in [-0.05, 0) is 55.3 Å². The molecule has 1 saturated heterocycles. The Hall–Kier alpha value is -3.32. The van der Waals surface area contributed by atoms with Crippen molar-refractivity contribution in [3.05, 3.63) is 78.3 Å². The van der Waals surface area contributed by atoms with Gasteiger partial charge in [0.25, 0.3) is 0 Å². The summed E-state index contributed by atoms with van der Waals surface area (Å²) in [7, 11) is 2.01. The lowest BCUT2D eigenvalue weighted by atomic mass is 10.1. The van der Waals surface area contributed by atoms with Crippen LogP contribution in [0.4, 0.5) is 16.0 Å². The van der Waals surface area contributed by atoms with E-state index in [1.54, 1.807) is 24.7 Å². The summed E-state index contributed by atoms with van der Waals surface area (Å²) >= 11 is 0. The molecular formula is C23H23FN6. The molecule has 0 amide bonds. The van der Waals surface area contributed by atoms with Gasteiger partial charge in [-0.2, -0.15) is 0 Å². The van der Waals surface area contributed by atoms with Crippen LogP contribution >= 0.6 is 0 Å². The van der Waals surface area contributed by atoms with Gasteiger partial charge in [-0.3, -0.25) is 9.88 Å². The van der Waals surface area contributed by atoms with E-state index in [0.717, 1.165) is 53.9 Å². The highest BCUT2D eigenvalue weighted by Gasteiger charge is 2.28. The van der Waals surface area contributed by atoms with Crippen molar-refractivity contribution < 1.29 is 4.39 Å². The lowest BCUT2D eigenvalue weighted by molar-refractivity contribution is 0.245. The average molecular weight is 402 g/mol. The second kappa shape index (κ2) is 7.84. The summed E-state index contributed by atoms with van der Waals surface area (Å²) in [5, 5.41) is 4.20. The van der Waals surface area contributed by atoms with E-state index in [9.17, 15) is 4.39 Å². The molecule has 7 heteroatoms. The number of pyridine rings is 1. The number of halogens is 1. The first-order valence-corrected chi connectivity index (χ1v) is 10.1. The van der Waals surface area contributed by atoms with Crippen molar-refractivity contribution >= 4 is 22.5 Å². The fourth-order valence-corrected chi connectivity index (χ4v) is 4.34. The van der Waals surface area contributed by atoms with E-state index in [1.165, 1.54) is 6.07 Å². The van der Waals surface area contributed by atoms with Gasteiger partial charge in [0.15, 0.2) is 0 Å². The second-order valence-corrected chi connectivity index (χ2v) is 7.72. The number of nitrogens with zero attached hydrogens (tertiary/aromatic N) is 5. The normalized spacial score (nSPS) is 16.9. The van der Waals surface area contributed by atoms with Crippen molar-refractivity contribution in [1.82, 2.24) is 24.4 Å². The Balaban J connectivity index is 1.40. The van der Waals surface area contributed by atoms with Crippen LogP contribution in [0.15, 0.2) is 61.2 Å². The monoisotopic (exact) mass is 402 g/mol. The molecule has 1 unspecified atom stereocenters. The highest BCUT2D eigenvalue weighted by atomic mass is 19.1. The van der Waals surface area contributed by atoms with Crippen LogP contribution in [0, 0.1) is 5.82 Å². The molecule has 3 aromatic heterocycles. The molecule has 152 valence electrons. The molecular weight excluding hydrogens is 379 g/mol. The van der Waals surface area contributed by atoms with Crippen molar-refractivity contribution in [2.45, 2.75) is 25.4 Å². The van der Waals surface area contributed by atoms with Crippen molar-refractivity contribution in [2.24, 2.45) is 7.05 Å². The Morgan fingerprint density at radius 3 is 2.97 bits per heavy atom. The van der Waals surface area contributed by atoms with Crippen LogP contribution in [0.25, 0.3) is 10.9 Å². The molecule has 6 nitrogen and oxygen atoms in total. The van der Waals surface area contributed by atoms with E-state index >= 15 is 0 Å². The highest BCUT2D eigenvalue weighted by molar-refractivity contribution is 5.84. The van der Waals surface area contributed by atoms with Crippen LogP contribution in [0.2, 0.25) is 0 Å². The average Bonchev–Trinajstić information content (AvgIpc) is 3.34. The van der Waals surface area contributed by atoms with Crippen molar-refractivity contribution in [3.8, 4) is 0 Å². The van der Waals surface area contributed by atoms with Gasteiger partial charge in [0, 0.05) is 43.1 Å². The highest BCUT2D eigenvalue weighted by Crippen LogP contribution is 2.34. The van der Waals surface area contributed by atoms with Gasteiger partial charge >= 0.3 is 0 Å². The van der Waals surface area contributed by atoms with Crippen molar-refractivity contribution in [1.29, 1.82) is 0 Å². The third-order valence-corrected chi connectivity index (χ3v) is 5.70. The minimum atomic E-state index is -0.197. The van der Waals surface area contributed by atoms with Crippen molar-refractivity contribution in [2.75, 3.05) is 11.9 Å². The summed E-state index contributed by atoms with van der Waals surface area (Å²) in [6.07, 6.45) is 9.26. The van der Waals surface area contributed by atoms with E-state index in [1.807, 2.05) is 25.2 Å². The number of aromatic nitrogens is 4. The maximum absolute atomic E-state index is 13.9. The van der Waals surface area contributed by atoms with Crippen LogP contribution < -0.4 is 5.32 Å². The standard InChI is InChI=1S/C23H23FN6/c1-29-14-16(18-12-17(24)7-8-20(18)29)15-30-11-3-5-21(30)19-4-2-6-22(27-19)28-23-13-25-9-10-26-23/h2,4,6-10,12-14,21H,3,5,11,15H2,1H3,(H,26,27,28). The maximum atomic E-state index is 13.9. The van der Waals surface area contributed by atoms with E-state index < -0.39 is 0 Å². The maximum Gasteiger partial charge on any atom is 0.150 e. The Kier molecular flexibility index (Phi) is 4.88. The molecule has 1 aliphatic heterocycles. The molecule has 1 aromatic carbocycles. The Morgan fingerprint density at radius 1 is 1.17 bits per heavy atom. The first kappa shape index (κ1) is 18.7. The molecule has 1 fully saturated rings. The predicted molar refractivity (Wildman–Crippen MR) is 115 cm³/mol. The molecule has 0 spiro atoms. The van der Waals surface area contributed by atoms with Gasteiger partial charge in [-0.15, -0.1) is 0 Å². The van der Waals surface area contributed by atoms with E-state index in [2.05, 4.69) is 37.0 Å². The second-order valence-electron chi connectivity index (χ2n) is 7.72. The van der Waals surface area contributed by atoms with E-state index in [4.69, 9.17) is 4.98 Å². The molecule has 1 aliphatic rings. The fourth-order valence-electron chi connectivity index (χ4n) is 4.34. The first-order chi connectivity index (χ1) is 14.7. The molecule has 30 heavy (non-hydrogen) atoms. The van der Waals surface area contributed by atoms with Gasteiger partial charge in [0.2, 0.25) is 0 Å². The van der Waals surface area contributed by atoms with Gasteiger partial charge in [0.05, 0.1) is 17.9 Å². The number of nitrogens with one attached hydrogen (secondary N) is 1. The molecule has 4 heterocycles. The third-order valence-electron chi connectivity index (χ3n) is 5.70. The Morgan fingerprint density at radius 2 is 2.10 bits per heavy atom. The molecule has 0 bridgehead atoms. The zero-order valence-electron chi connectivity index (χ0n) is 16.8. The fraction of sp³-hybridized carbons (Fsp3) is 0.261.